The lowest BCUT2D eigenvalue weighted by Crippen LogP contribution is -2.48. The lowest BCUT2D eigenvalue weighted by Gasteiger charge is -2.28. The van der Waals surface area contributed by atoms with E-state index < -0.39 is 17.9 Å². The molecule has 3 aromatic carbocycles. The summed E-state index contributed by atoms with van der Waals surface area (Å²) in [4.78, 5) is 27.3. The van der Waals surface area contributed by atoms with Crippen LogP contribution in [0.3, 0.4) is 0 Å². The molecule has 0 bridgehead atoms. The van der Waals surface area contributed by atoms with Crippen molar-refractivity contribution < 1.29 is 19.1 Å². The highest BCUT2D eigenvalue weighted by Crippen LogP contribution is 2.31. The van der Waals surface area contributed by atoms with Gasteiger partial charge in [-0.15, -0.1) is 0 Å². The number of ether oxygens (including phenoxy) is 1. The first-order valence-electron chi connectivity index (χ1n) is 13.0. The molecule has 0 unspecified atom stereocenters. The second-order valence-electron chi connectivity index (χ2n) is 9.44. The van der Waals surface area contributed by atoms with Crippen molar-refractivity contribution in [3.8, 4) is 16.9 Å². The third kappa shape index (κ3) is 6.09. The SMILES string of the molecule is COc1c[n+]([O-])ccc1-c1ccc(NC(=O)[C@@H](NC(=O)c2ccnn2C)C(c2ccccc2)c2ccccc2)cc1. The summed E-state index contributed by atoms with van der Waals surface area (Å²) in [6, 6.07) is 28.8. The van der Waals surface area contributed by atoms with Crippen molar-refractivity contribution in [1.82, 2.24) is 15.1 Å². The van der Waals surface area contributed by atoms with Gasteiger partial charge in [-0.2, -0.15) is 9.83 Å². The molecule has 1 atom stereocenters. The fraction of sp³-hybridized carbons (Fsp3) is 0.125. The van der Waals surface area contributed by atoms with Crippen molar-refractivity contribution in [2.45, 2.75) is 12.0 Å². The van der Waals surface area contributed by atoms with Crippen molar-refractivity contribution in [1.29, 1.82) is 0 Å². The van der Waals surface area contributed by atoms with Crippen LogP contribution >= 0.6 is 0 Å². The molecule has 41 heavy (non-hydrogen) atoms. The number of nitrogens with one attached hydrogen (secondary N) is 2. The van der Waals surface area contributed by atoms with Gasteiger partial charge in [-0.1, -0.05) is 72.8 Å². The summed E-state index contributed by atoms with van der Waals surface area (Å²) in [5.74, 6) is -0.827. The molecule has 2 heterocycles. The maximum absolute atomic E-state index is 14.0. The van der Waals surface area contributed by atoms with E-state index in [9.17, 15) is 14.8 Å². The van der Waals surface area contributed by atoms with E-state index in [0.29, 0.717) is 21.9 Å². The minimum Gasteiger partial charge on any atom is -0.619 e. The average Bonchev–Trinajstić information content (AvgIpc) is 3.44. The van der Waals surface area contributed by atoms with Crippen molar-refractivity contribution in [2.75, 3.05) is 12.4 Å². The Hall–Kier alpha value is -5.44. The van der Waals surface area contributed by atoms with E-state index in [1.165, 1.54) is 30.4 Å². The topological polar surface area (TPSA) is 112 Å². The van der Waals surface area contributed by atoms with Crippen LogP contribution < -0.4 is 20.1 Å². The van der Waals surface area contributed by atoms with Gasteiger partial charge in [-0.25, -0.2) is 0 Å². The van der Waals surface area contributed by atoms with Gasteiger partial charge in [0.05, 0.1) is 7.11 Å². The van der Waals surface area contributed by atoms with E-state index in [0.717, 1.165) is 22.3 Å². The van der Waals surface area contributed by atoms with Crippen LogP contribution in [0.1, 0.15) is 27.5 Å². The Morgan fingerprint density at radius 1 is 0.902 bits per heavy atom. The fourth-order valence-electron chi connectivity index (χ4n) is 4.82. The summed E-state index contributed by atoms with van der Waals surface area (Å²) in [5, 5.41) is 21.7. The zero-order chi connectivity index (χ0) is 28.8. The normalized spacial score (nSPS) is 11.6. The largest absolute Gasteiger partial charge is 0.619 e. The number of benzene rings is 3. The lowest BCUT2D eigenvalue weighted by atomic mass is 9.84. The van der Waals surface area contributed by atoms with Gasteiger partial charge in [0.2, 0.25) is 12.1 Å². The highest BCUT2D eigenvalue weighted by atomic mass is 16.5. The van der Waals surface area contributed by atoms with E-state index in [4.69, 9.17) is 4.74 Å². The predicted molar refractivity (Wildman–Crippen MR) is 155 cm³/mol. The summed E-state index contributed by atoms with van der Waals surface area (Å²) < 4.78 is 7.50. The number of nitrogens with zero attached hydrogens (tertiary/aromatic N) is 3. The van der Waals surface area contributed by atoms with E-state index in [1.807, 2.05) is 72.8 Å². The number of carbonyl (C=O) groups excluding carboxylic acids is 2. The Kier molecular flexibility index (Phi) is 8.05. The molecule has 0 saturated carbocycles. The van der Waals surface area contributed by atoms with E-state index >= 15 is 0 Å². The van der Waals surface area contributed by atoms with Crippen LogP contribution in [-0.2, 0) is 11.8 Å². The summed E-state index contributed by atoms with van der Waals surface area (Å²) in [6.07, 6.45) is 4.29. The number of aromatic nitrogens is 3. The first-order chi connectivity index (χ1) is 19.9. The molecule has 9 nitrogen and oxygen atoms in total. The van der Waals surface area contributed by atoms with Crippen molar-refractivity contribution in [3.05, 3.63) is 138 Å². The van der Waals surface area contributed by atoms with Crippen molar-refractivity contribution >= 4 is 17.5 Å². The zero-order valence-electron chi connectivity index (χ0n) is 22.6. The highest BCUT2D eigenvalue weighted by Gasteiger charge is 2.33. The first-order valence-corrected chi connectivity index (χ1v) is 13.0. The maximum Gasteiger partial charge on any atom is 0.270 e. The molecule has 0 aliphatic carbocycles. The molecular formula is C32H29N5O4. The Morgan fingerprint density at radius 3 is 2.10 bits per heavy atom. The number of aryl methyl sites for hydroxylation is 1. The Morgan fingerprint density at radius 2 is 1.54 bits per heavy atom. The number of hydrogen-bond acceptors (Lipinski definition) is 5. The minimum atomic E-state index is -0.955. The molecule has 5 rings (SSSR count). The molecule has 0 radical (unpaired) electrons. The van der Waals surface area contributed by atoms with Crippen LogP contribution in [0.25, 0.3) is 11.1 Å². The number of amides is 2. The molecule has 9 heteroatoms. The number of rotatable bonds is 9. The first kappa shape index (κ1) is 27.1. The van der Waals surface area contributed by atoms with Crippen LogP contribution in [0.4, 0.5) is 5.69 Å². The highest BCUT2D eigenvalue weighted by molar-refractivity contribution is 6.01. The molecule has 0 saturated heterocycles. The van der Waals surface area contributed by atoms with Gasteiger partial charge in [0, 0.05) is 36.5 Å². The monoisotopic (exact) mass is 547 g/mol. The van der Waals surface area contributed by atoms with Crippen molar-refractivity contribution in [3.63, 3.8) is 0 Å². The van der Waals surface area contributed by atoms with Gasteiger partial charge in [0.1, 0.15) is 11.7 Å². The van der Waals surface area contributed by atoms with Crippen LogP contribution in [-0.4, -0.2) is 34.7 Å². The average molecular weight is 548 g/mol. The van der Waals surface area contributed by atoms with Gasteiger partial charge in [-0.05, 0) is 34.9 Å². The third-order valence-corrected chi connectivity index (χ3v) is 6.85. The molecule has 2 N–H and O–H groups in total. The molecule has 0 aliphatic heterocycles. The quantitative estimate of drug-likeness (QED) is 0.211. The number of hydrogen-bond donors (Lipinski definition) is 2. The van der Waals surface area contributed by atoms with Gasteiger partial charge >= 0.3 is 0 Å². The van der Waals surface area contributed by atoms with E-state index in [2.05, 4.69) is 15.7 Å². The van der Waals surface area contributed by atoms with Crippen LogP contribution in [0, 0.1) is 5.21 Å². The van der Waals surface area contributed by atoms with Crippen LogP contribution in [0.15, 0.2) is 116 Å². The number of pyridine rings is 1. The van der Waals surface area contributed by atoms with Gasteiger partial charge in [0.15, 0.2) is 11.9 Å². The Labute approximate surface area is 237 Å². The molecule has 0 aliphatic rings. The summed E-state index contributed by atoms with van der Waals surface area (Å²) in [5.41, 5.74) is 4.20. The maximum atomic E-state index is 14.0. The summed E-state index contributed by atoms with van der Waals surface area (Å²) in [7, 11) is 3.18. The second-order valence-corrected chi connectivity index (χ2v) is 9.44. The molecule has 2 amide bonds. The number of methoxy groups -OCH3 is 1. The van der Waals surface area contributed by atoms with E-state index in [1.54, 1.807) is 31.3 Å². The molecule has 2 aromatic heterocycles. The zero-order valence-corrected chi connectivity index (χ0v) is 22.6. The summed E-state index contributed by atoms with van der Waals surface area (Å²) in [6.45, 7) is 0. The molecule has 206 valence electrons. The third-order valence-electron chi connectivity index (χ3n) is 6.85. The van der Waals surface area contributed by atoms with Gasteiger partial charge in [0.25, 0.3) is 5.91 Å². The minimum absolute atomic E-state index is 0.336. The molecule has 5 aromatic rings. The van der Waals surface area contributed by atoms with Crippen LogP contribution in [0.2, 0.25) is 0 Å². The van der Waals surface area contributed by atoms with Crippen LogP contribution in [0.5, 0.6) is 5.75 Å². The van der Waals surface area contributed by atoms with Gasteiger partial charge in [-0.3, -0.25) is 14.3 Å². The molecule has 0 spiro atoms. The lowest BCUT2D eigenvalue weighted by molar-refractivity contribution is -0.605. The predicted octanol–water partition coefficient (Wildman–Crippen LogP) is 4.30. The Balaban J connectivity index is 1.48. The smallest absolute Gasteiger partial charge is 0.270 e. The van der Waals surface area contributed by atoms with Crippen molar-refractivity contribution in [2.24, 2.45) is 7.05 Å². The van der Waals surface area contributed by atoms with Gasteiger partial charge < -0.3 is 20.6 Å². The van der Waals surface area contributed by atoms with E-state index in [-0.39, 0.29) is 5.91 Å². The number of anilines is 1. The second kappa shape index (κ2) is 12.2. The number of carbonyl (C=O) groups is 2. The standard InChI is InChI=1S/C32H29N5O4/c1-36-27(17-19-33-36)31(38)35-30(29(23-9-5-3-6-10-23)24-11-7-4-8-12-24)32(39)34-25-15-13-22(14-16-25)26-18-20-37(40)21-28(26)41-2/h3-21,29-30H,1-2H3,(H,34,39)(H,35,38)/t30-/m0/s1. The molecule has 0 fully saturated rings. The molecular weight excluding hydrogens is 518 g/mol. The fourth-order valence-corrected chi connectivity index (χ4v) is 4.82. The Bertz CT molecular complexity index is 1600. The summed E-state index contributed by atoms with van der Waals surface area (Å²) >= 11 is 0.